The molecule has 0 spiro atoms. The molecule has 118 valence electrons. The molecule has 0 aromatic heterocycles. The molecular weight excluding hydrogens is 244 g/mol. The van der Waals surface area contributed by atoms with Gasteiger partial charge in [-0.25, -0.2) is 0 Å². The number of hydrogen-bond donors (Lipinski definition) is 1. The van der Waals surface area contributed by atoms with Crippen LogP contribution in [0.25, 0.3) is 0 Å². The molecule has 2 N–H and O–H groups in total. The molecule has 0 amide bonds. The van der Waals surface area contributed by atoms with Gasteiger partial charge in [0.2, 0.25) is 0 Å². The molecule has 20 heavy (non-hydrogen) atoms. The van der Waals surface area contributed by atoms with Crippen molar-refractivity contribution in [2.45, 2.75) is 90.6 Å². The molecule has 0 saturated heterocycles. The van der Waals surface area contributed by atoms with Gasteiger partial charge in [-0.05, 0) is 50.0 Å². The van der Waals surface area contributed by atoms with Crippen LogP contribution in [0.15, 0.2) is 0 Å². The molecular formula is C18H36N2. The Hall–Kier alpha value is -0.0800. The van der Waals surface area contributed by atoms with E-state index in [1.54, 1.807) is 0 Å². The largest absolute Gasteiger partial charge is 0.329 e. The third kappa shape index (κ3) is 2.92. The van der Waals surface area contributed by atoms with Crippen molar-refractivity contribution in [3.05, 3.63) is 0 Å². The average molecular weight is 280 g/mol. The van der Waals surface area contributed by atoms with Gasteiger partial charge < -0.3 is 5.73 Å². The van der Waals surface area contributed by atoms with Gasteiger partial charge in [0.1, 0.15) is 0 Å². The molecule has 2 aliphatic carbocycles. The van der Waals surface area contributed by atoms with Gasteiger partial charge in [0, 0.05) is 18.1 Å². The minimum Gasteiger partial charge on any atom is -0.329 e. The third-order valence-corrected chi connectivity index (χ3v) is 6.25. The lowest BCUT2D eigenvalue weighted by Crippen LogP contribution is -2.62. The second-order valence-corrected chi connectivity index (χ2v) is 8.29. The molecule has 2 heteroatoms. The van der Waals surface area contributed by atoms with E-state index in [-0.39, 0.29) is 5.54 Å². The quantitative estimate of drug-likeness (QED) is 0.790. The van der Waals surface area contributed by atoms with Gasteiger partial charge in [-0.3, -0.25) is 4.90 Å². The Kier molecular flexibility index (Phi) is 5.18. The van der Waals surface area contributed by atoms with Crippen molar-refractivity contribution in [3.63, 3.8) is 0 Å². The fourth-order valence-corrected chi connectivity index (χ4v) is 4.78. The van der Waals surface area contributed by atoms with Crippen LogP contribution in [0.5, 0.6) is 0 Å². The van der Waals surface area contributed by atoms with Crippen LogP contribution in [0.4, 0.5) is 0 Å². The van der Waals surface area contributed by atoms with Gasteiger partial charge in [0.25, 0.3) is 0 Å². The van der Waals surface area contributed by atoms with Crippen LogP contribution in [0, 0.1) is 11.3 Å². The van der Waals surface area contributed by atoms with Crippen LogP contribution in [0.3, 0.4) is 0 Å². The van der Waals surface area contributed by atoms with Crippen molar-refractivity contribution in [1.82, 2.24) is 4.90 Å². The summed E-state index contributed by atoms with van der Waals surface area (Å²) < 4.78 is 0. The Bertz CT molecular complexity index is 305. The lowest BCUT2D eigenvalue weighted by Gasteiger charge is -2.52. The van der Waals surface area contributed by atoms with Gasteiger partial charge in [-0.1, -0.05) is 47.0 Å². The SMILES string of the molecule is CC(C)CCN(C1CCCC1)C1(CN)CCCC1(C)C. The molecule has 2 rings (SSSR count). The van der Waals surface area contributed by atoms with Crippen molar-refractivity contribution < 1.29 is 0 Å². The van der Waals surface area contributed by atoms with E-state index in [1.165, 1.54) is 57.9 Å². The predicted molar refractivity (Wildman–Crippen MR) is 87.8 cm³/mol. The van der Waals surface area contributed by atoms with E-state index in [9.17, 15) is 0 Å². The molecule has 0 aliphatic heterocycles. The summed E-state index contributed by atoms with van der Waals surface area (Å²) in [5, 5.41) is 0. The summed E-state index contributed by atoms with van der Waals surface area (Å²) in [6, 6.07) is 0.801. The number of hydrogen-bond acceptors (Lipinski definition) is 2. The highest BCUT2D eigenvalue weighted by atomic mass is 15.3. The van der Waals surface area contributed by atoms with E-state index < -0.39 is 0 Å². The van der Waals surface area contributed by atoms with Crippen molar-refractivity contribution in [1.29, 1.82) is 0 Å². The fraction of sp³-hybridized carbons (Fsp3) is 1.00. The molecule has 0 bridgehead atoms. The first kappa shape index (κ1) is 16.3. The van der Waals surface area contributed by atoms with E-state index in [0.29, 0.717) is 5.41 Å². The molecule has 2 fully saturated rings. The van der Waals surface area contributed by atoms with Crippen molar-refractivity contribution >= 4 is 0 Å². The molecule has 0 heterocycles. The lowest BCUT2D eigenvalue weighted by atomic mass is 9.72. The maximum atomic E-state index is 6.38. The minimum atomic E-state index is 0.261. The Morgan fingerprint density at radius 2 is 1.75 bits per heavy atom. The highest BCUT2D eigenvalue weighted by molar-refractivity contribution is 5.08. The van der Waals surface area contributed by atoms with Crippen LogP contribution < -0.4 is 5.73 Å². The van der Waals surface area contributed by atoms with Crippen LogP contribution in [-0.2, 0) is 0 Å². The van der Waals surface area contributed by atoms with Crippen LogP contribution in [0.1, 0.15) is 79.1 Å². The standard InChI is InChI=1S/C18H36N2/c1-15(2)10-13-20(16-8-5-6-9-16)18(14-19)12-7-11-17(18,3)4/h15-16H,5-14,19H2,1-4H3. The smallest absolute Gasteiger partial charge is 0.0385 e. The van der Waals surface area contributed by atoms with Gasteiger partial charge in [0.15, 0.2) is 0 Å². The molecule has 0 aromatic rings. The molecule has 1 unspecified atom stereocenters. The lowest BCUT2D eigenvalue weighted by molar-refractivity contribution is -0.0208. The highest BCUT2D eigenvalue weighted by Gasteiger charge is 2.53. The van der Waals surface area contributed by atoms with E-state index in [1.807, 2.05) is 0 Å². The fourth-order valence-electron chi connectivity index (χ4n) is 4.78. The topological polar surface area (TPSA) is 29.3 Å². The highest BCUT2D eigenvalue weighted by Crippen LogP contribution is 2.51. The summed E-state index contributed by atoms with van der Waals surface area (Å²) in [6.45, 7) is 11.7. The predicted octanol–water partition coefficient (Wildman–Crippen LogP) is 4.18. The Morgan fingerprint density at radius 1 is 1.10 bits per heavy atom. The monoisotopic (exact) mass is 280 g/mol. The second kappa shape index (κ2) is 6.36. The van der Waals surface area contributed by atoms with E-state index in [0.717, 1.165) is 18.5 Å². The summed E-state index contributed by atoms with van der Waals surface area (Å²) in [5.74, 6) is 0.790. The van der Waals surface area contributed by atoms with Crippen molar-refractivity contribution in [3.8, 4) is 0 Å². The van der Waals surface area contributed by atoms with Gasteiger partial charge in [0.05, 0.1) is 0 Å². The second-order valence-electron chi connectivity index (χ2n) is 8.29. The summed E-state index contributed by atoms with van der Waals surface area (Å²) in [5.41, 5.74) is 7.01. The maximum Gasteiger partial charge on any atom is 0.0385 e. The van der Waals surface area contributed by atoms with Crippen LogP contribution in [0.2, 0.25) is 0 Å². The molecule has 0 radical (unpaired) electrons. The van der Waals surface area contributed by atoms with Crippen molar-refractivity contribution in [2.75, 3.05) is 13.1 Å². The summed E-state index contributed by atoms with van der Waals surface area (Å²) >= 11 is 0. The molecule has 2 saturated carbocycles. The van der Waals surface area contributed by atoms with Gasteiger partial charge in [-0.15, -0.1) is 0 Å². The third-order valence-electron chi connectivity index (χ3n) is 6.25. The molecule has 2 nitrogen and oxygen atoms in total. The van der Waals surface area contributed by atoms with E-state index in [4.69, 9.17) is 5.73 Å². The zero-order chi connectivity index (χ0) is 14.8. The number of nitrogens with zero attached hydrogens (tertiary/aromatic N) is 1. The van der Waals surface area contributed by atoms with E-state index in [2.05, 4.69) is 32.6 Å². The van der Waals surface area contributed by atoms with Crippen LogP contribution >= 0.6 is 0 Å². The normalized spacial score (nSPS) is 30.8. The van der Waals surface area contributed by atoms with E-state index >= 15 is 0 Å². The first-order valence-electron chi connectivity index (χ1n) is 8.90. The average Bonchev–Trinajstić information content (AvgIpc) is 2.98. The number of rotatable bonds is 6. The zero-order valence-corrected chi connectivity index (χ0v) is 14.3. The van der Waals surface area contributed by atoms with Gasteiger partial charge >= 0.3 is 0 Å². The minimum absolute atomic E-state index is 0.261. The summed E-state index contributed by atoms with van der Waals surface area (Å²) in [7, 11) is 0. The zero-order valence-electron chi connectivity index (χ0n) is 14.3. The molecule has 1 atom stereocenters. The molecule has 0 aromatic carbocycles. The van der Waals surface area contributed by atoms with Crippen molar-refractivity contribution in [2.24, 2.45) is 17.1 Å². The Labute approximate surface area is 126 Å². The summed E-state index contributed by atoms with van der Waals surface area (Å²) in [4.78, 5) is 2.88. The van der Waals surface area contributed by atoms with Gasteiger partial charge in [-0.2, -0.15) is 0 Å². The molecule has 2 aliphatic rings. The first-order chi connectivity index (χ1) is 9.43. The van der Waals surface area contributed by atoms with Crippen LogP contribution in [-0.4, -0.2) is 29.6 Å². The Balaban J connectivity index is 2.22. The summed E-state index contributed by atoms with van der Waals surface area (Å²) in [6.07, 6.45) is 11.0. The number of nitrogens with two attached hydrogens (primary N) is 1. The first-order valence-corrected chi connectivity index (χ1v) is 8.90. The Morgan fingerprint density at radius 3 is 2.20 bits per heavy atom. The maximum absolute atomic E-state index is 6.38.